The van der Waals surface area contributed by atoms with Crippen LogP contribution in [0.4, 0.5) is 10.7 Å². The lowest BCUT2D eigenvalue weighted by molar-refractivity contribution is -0.116. The Morgan fingerprint density at radius 2 is 1.71 bits per heavy atom. The quantitative estimate of drug-likeness (QED) is 0.435. The number of urea groups is 1. The minimum atomic E-state index is -0.269. The predicted octanol–water partition coefficient (Wildman–Crippen LogP) is 5.43. The van der Waals surface area contributed by atoms with E-state index in [1.165, 1.54) is 5.56 Å². The van der Waals surface area contributed by atoms with E-state index >= 15 is 0 Å². The Bertz CT molecular complexity index is 1150. The van der Waals surface area contributed by atoms with Crippen LogP contribution in [0.2, 0.25) is 0 Å². The molecule has 4 rings (SSSR count). The second-order valence-electron chi connectivity index (χ2n) is 9.91. The maximum Gasteiger partial charge on any atom is 0.318 e. The highest BCUT2D eigenvalue weighted by molar-refractivity contribution is 5.93. The summed E-state index contributed by atoms with van der Waals surface area (Å²) in [5.74, 6) is 1.07. The Kier molecular flexibility index (Phi) is 7.54. The molecule has 1 aromatic heterocycles. The van der Waals surface area contributed by atoms with Crippen LogP contribution in [0.5, 0.6) is 0 Å². The third kappa shape index (κ3) is 6.50. The summed E-state index contributed by atoms with van der Waals surface area (Å²) in [5, 5.41) is 5.87. The van der Waals surface area contributed by atoms with Crippen LogP contribution in [0.15, 0.2) is 60.8 Å². The molecule has 0 radical (unpaired) electrons. The molecular weight excluding hydrogens is 438 g/mol. The Hall–Kier alpha value is -3.61. The molecule has 0 spiro atoms. The van der Waals surface area contributed by atoms with Gasteiger partial charge in [0.15, 0.2) is 0 Å². The molecule has 1 heterocycles. The van der Waals surface area contributed by atoms with E-state index in [-0.39, 0.29) is 24.5 Å². The van der Waals surface area contributed by atoms with Crippen molar-refractivity contribution in [3.63, 3.8) is 0 Å². The number of rotatable bonds is 9. The fourth-order valence-electron chi connectivity index (χ4n) is 3.94. The SMILES string of the molecule is CC(C)NC(=O)N(CC(=O)Nc1nc(-c2ccccc2)cn1-c1ccc(C(C)C)cc1)CC1CC1. The number of amides is 3. The molecule has 35 heavy (non-hydrogen) atoms. The number of nitrogens with zero attached hydrogens (tertiary/aromatic N) is 3. The summed E-state index contributed by atoms with van der Waals surface area (Å²) in [7, 11) is 0. The first-order valence-corrected chi connectivity index (χ1v) is 12.4. The lowest BCUT2D eigenvalue weighted by Crippen LogP contribution is -2.47. The Labute approximate surface area is 207 Å². The molecule has 3 amide bonds. The van der Waals surface area contributed by atoms with Crippen LogP contribution in [-0.2, 0) is 4.79 Å². The molecule has 1 aliphatic carbocycles. The van der Waals surface area contributed by atoms with Crippen LogP contribution in [0.25, 0.3) is 16.9 Å². The van der Waals surface area contributed by atoms with Crippen molar-refractivity contribution in [2.45, 2.75) is 52.5 Å². The summed E-state index contributed by atoms with van der Waals surface area (Å²) in [6.07, 6.45) is 4.14. The van der Waals surface area contributed by atoms with Gasteiger partial charge in [-0.3, -0.25) is 14.7 Å². The topological polar surface area (TPSA) is 79.3 Å². The van der Waals surface area contributed by atoms with E-state index in [2.05, 4.69) is 36.6 Å². The monoisotopic (exact) mass is 473 g/mol. The molecule has 0 unspecified atom stereocenters. The number of benzene rings is 2. The van der Waals surface area contributed by atoms with E-state index < -0.39 is 0 Å². The van der Waals surface area contributed by atoms with Gasteiger partial charge in [-0.15, -0.1) is 0 Å². The van der Waals surface area contributed by atoms with E-state index in [9.17, 15) is 9.59 Å². The summed E-state index contributed by atoms with van der Waals surface area (Å²) in [4.78, 5) is 32.1. The third-order valence-electron chi connectivity index (χ3n) is 6.07. The average molecular weight is 474 g/mol. The van der Waals surface area contributed by atoms with Crippen LogP contribution >= 0.6 is 0 Å². The van der Waals surface area contributed by atoms with Gasteiger partial charge in [0.25, 0.3) is 0 Å². The van der Waals surface area contributed by atoms with Crippen LogP contribution in [0, 0.1) is 5.92 Å². The van der Waals surface area contributed by atoms with Crippen LogP contribution in [0.3, 0.4) is 0 Å². The normalized spacial score (nSPS) is 13.2. The van der Waals surface area contributed by atoms with E-state index in [0.717, 1.165) is 29.8 Å². The van der Waals surface area contributed by atoms with Gasteiger partial charge < -0.3 is 10.2 Å². The van der Waals surface area contributed by atoms with E-state index in [0.29, 0.717) is 24.3 Å². The van der Waals surface area contributed by atoms with Gasteiger partial charge in [0, 0.05) is 30.0 Å². The lowest BCUT2D eigenvalue weighted by Gasteiger charge is -2.23. The standard InChI is InChI=1S/C28H35N5O2/c1-19(2)22-12-14-24(15-13-22)33-17-25(23-8-6-5-7-9-23)30-27(33)31-26(34)18-32(16-21-10-11-21)28(35)29-20(3)4/h5-9,12-15,17,19-21H,10-11,16,18H2,1-4H3,(H,29,35)(H,30,31,34). The molecule has 0 bridgehead atoms. The highest BCUT2D eigenvalue weighted by Crippen LogP contribution is 2.30. The average Bonchev–Trinajstić information content (AvgIpc) is 3.56. The molecule has 184 valence electrons. The summed E-state index contributed by atoms with van der Waals surface area (Å²) >= 11 is 0. The first-order chi connectivity index (χ1) is 16.8. The molecule has 1 fully saturated rings. The first-order valence-electron chi connectivity index (χ1n) is 12.4. The summed E-state index contributed by atoms with van der Waals surface area (Å²) < 4.78 is 1.89. The number of imidazole rings is 1. The van der Waals surface area contributed by atoms with E-state index in [1.54, 1.807) is 4.90 Å². The highest BCUT2D eigenvalue weighted by Gasteiger charge is 2.28. The second kappa shape index (κ2) is 10.8. The third-order valence-corrected chi connectivity index (χ3v) is 6.07. The van der Waals surface area contributed by atoms with Crippen molar-refractivity contribution in [2.75, 3.05) is 18.4 Å². The molecule has 7 nitrogen and oxygen atoms in total. The maximum atomic E-state index is 13.1. The zero-order chi connectivity index (χ0) is 24.9. The second-order valence-corrected chi connectivity index (χ2v) is 9.91. The lowest BCUT2D eigenvalue weighted by atomic mass is 10.0. The molecule has 0 saturated heterocycles. The molecule has 2 N–H and O–H groups in total. The van der Waals surface area contributed by atoms with Crippen molar-refractivity contribution in [2.24, 2.45) is 5.92 Å². The van der Waals surface area contributed by atoms with Gasteiger partial charge in [-0.05, 0) is 56.2 Å². The van der Waals surface area contributed by atoms with Gasteiger partial charge >= 0.3 is 6.03 Å². The number of carbonyl (C=O) groups is 2. The molecule has 2 aromatic carbocycles. The van der Waals surface area contributed by atoms with Crippen molar-refractivity contribution in [1.82, 2.24) is 19.8 Å². The van der Waals surface area contributed by atoms with Gasteiger partial charge in [-0.2, -0.15) is 0 Å². The van der Waals surface area contributed by atoms with Crippen molar-refractivity contribution < 1.29 is 9.59 Å². The molecule has 3 aromatic rings. The first kappa shape index (κ1) is 24.5. The summed E-state index contributed by atoms with van der Waals surface area (Å²) in [6, 6.07) is 18.0. The number of aromatic nitrogens is 2. The predicted molar refractivity (Wildman–Crippen MR) is 140 cm³/mol. The summed E-state index contributed by atoms with van der Waals surface area (Å²) in [5.41, 5.74) is 3.88. The van der Waals surface area contributed by atoms with Crippen molar-refractivity contribution in [3.05, 3.63) is 66.4 Å². The van der Waals surface area contributed by atoms with E-state index in [1.807, 2.05) is 67.1 Å². The van der Waals surface area contributed by atoms with Crippen LogP contribution in [0.1, 0.15) is 52.0 Å². The summed E-state index contributed by atoms with van der Waals surface area (Å²) in [6.45, 7) is 8.73. The minimum Gasteiger partial charge on any atom is -0.336 e. The largest absolute Gasteiger partial charge is 0.336 e. The molecule has 1 aliphatic rings. The number of hydrogen-bond acceptors (Lipinski definition) is 3. The molecular formula is C28H35N5O2. The number of anilines is 1. The number of hydrogen-bond donors (Lipinski definition) is 2. The van der Waals surface area contributed by atoms with Crippen molar-refractivity contribution in [1.29, 1.82) is 0 Å². The number of carbonyl (C=O) groups excluding carboxylic acids is 2. The Balaban J connectivity index is 1.58. The van der Waals surface area contributed by atoms with Crippen LogP contribution < -0.4 is 10.6 Å². The molecule has 7 heteroatoms. The van der Waals surface area contributed by atoms with Crippen molar-refractivity contribution in [3.8, 4) is 16.9 Å². The zero-order valence-electron chi connectivity index (χ0n) is 21.0. The van der Waals surface area contributed by atoms with Crippen molar-refractivity contribution >= 4 is 17.9 Å². The Morgan fingerprint density at radius 1 is 1.03 bits per heavy atom. The van der Waals surface area contributed by atoms with Gasteiger partial charge in [-0.1, -0.05) is 56.3 Å². The Morgan fingerprint density at radius 3 is 2.31 bits per heavy atom. The minimum absolute atomic E-state index is 0.00778. The molecule has 1 saturated carbocycles. The zero-order valence-corrected chi connectivity index (χ0v) is 21.0. The van der Waals surface area contributed by atoms with Gasteiger partial charge in [0.1, 0.15) is 6.54 Å². The number of nitrogens with one attached hydrogen (secondary N) is 2. The fourth-order valence-corrected chi connectivity index (χ4v) is 3.94. The fraction of sp³-hybridized carbons (Fsp3) is 0.393. The van der Waals surface area contributed by atoms with Crippen LogP contribution in [-0.4, -0.2) is 45.5 Å². The van der Waals surface area contributed by atoms with Gasteiger partial charge in [0.05, 0.1) is 5.69 Å². The van der Waals surface area contributed by atoms with Gasteiger partial charge in [0.2, 0.25) is 11.9 Å². The molecule has 0 aliphatic heterocycles. The smallest absolute Gasteiger partial charge is 0.318 e. The van der Waals surface area contributed by atoms with E-state index in [4.69, 9.17) is 4.98 Å². The maximum absolute atomic E-state index is 13.1. The molecule has 0 atom stereocenters. The van der Waals surface area contributed by atoms with Gasteiger partial charge in [-0.25, -0.2) is 9.78 Å². The highest BCUT2D eigenvalue weighted by atomic mass is 16.2.